The van der Waals surface area contributed by atoms with Crippen LogP contribution in [0, 0.1) is 75.9 Å². The molecule has 9 rings (SSSR count). The van der Waals surface area contributed by atoms with E-state index in [1.165, 1.54) is 57.8 Å². The summed E-state index contributed by atoms with van der Waals surface area (Å²) in [6.07, 6.45) is 21.1. The minimum Gasteiger partial charge on any atom is -0.462 e. The van der Waals surface area contributed by atoms with Gasteiger partial charge in [-0.1, -0.05) is 68.7 Å². The molecule has 0 saturated heterocycles. The van der Waals surface area contributed by atoms with Crippen LogP contribution in [0.15, 0.2) is 0 Å². The number of ether oxygens (including phenoxy) is 3. The van der Waals surface area contributed by atoms with Crippen LogP contribution in [0.1, 0.15) is 171 Å². The van der Waals surface area contributed by atoms with Gasteiger partial charge in [0.2, 0.25) is 0 Å². The maximum Gasteiger partial charge on any atom is 0.309 e. The number of hydrogen-bond donors (Lipinski definition) is 0. The van der Waals surface area contributed by atoms with Crippen LogP contribution in [-0.4, -0.2) is 35.7 Å². The third-order valence-electron chi connectivity index (χ3n) is 17.0. The van der Waals surface area contributed by atoms with Gasteiger partial charge in [-0.25, -0.2) is 0 Å². The van der Waals surface area contributed by atoms with E-state index in [1.807, 2.05) is 27.7 Å². The lowest BCUT2D eigenvalue weighted by atomic mass is 9.54. The number of rotatable bonds is 9. The zero-order chi connectivity index (χ0) is 36.9. The smallest absolute Gasteiger partial charge is 0.309 e. The van der Waals surface area contributed by atoms with Gasteiger partial charge >= 0.3 is 17.9 Å². The molecular formula is C45H74O6. The molecule has 9 aliphatic rings. The van der Waals surface area contributed by atoms with E-state index in [0.29, 0.717) is 11.3 Å². The fourth-order valence-corrected chi connectivity index (χ4v) is 12.9. The second kappa shape index (κ2) is 15.3. The van der Waals surface area contributed by atoms with E-state index in [4.69, 9.17) is 14.2 Å². The number of esters is 3. The summed E-state index contributed by atoms with van der Waals surface area (Å²) in [6.45, 7) is 19.1. The molecule has 9 aliphatic carbocycles. The van der Waals surface area contributed by atoms with Gasteiger partial charge in [-0.3, -0.25) is 14.4 Å². The van der Waals surface area contributed by atoms with Crippen LogP contribution >= 0.6 is 0 Å². The first-order chi connectivity index (χ1) is 24.1. The first-order valence-electron chi connectivity index (χ1n) is 21.8. The quantitative estimate of drug-likeness (QED) is 0.175. The molecule has 0 aromatic heterocycles. The van der Waals surface area contributed by atoms with Crippen LogP contribution in [0.25, 0.3) is 0 Å². The molecule has 0 aromatic rings. The Balaban J connectivity index is 0.000000132. The summed E-state index contributed by atoms with van der Waals surface area (Å²) in [4.78, 5) is 35.9. The van der Waals surface area contributed by atoms with Gasteiger partial charge in [-0.2, -0.15) is 0 Å². The lowest BCUT2D eigenvalue weighted by molar-refractivity contribution is -0.190. The van der Waals surface area contributed by atoms with Gasteiger partial charge in [0.05, 0.1) is 17.8 Å². The molecule has 9 fully saturated rings. The van der Waals surface area contributed by atoms with Crippen LogP contribution in [0.2, 0.25) is 0 Å². The van der Waals surface area contributed by atoms with Crippen LogP contribution < -0.4 is 0 Å². The molecule has 6 nitrogen and oxygen atoms in total. The van der Waals surface area contributed by atoms with Crippen LogP contribution in [-0.2, 0) is 28.6 Å². The summed E-state index contributed by atoms with van der Waals surface area (Å²) < 4.78 is 17.5. The Hall–Kier alpha value is -1.59. The lowest BCUT2D eigenvalue weighted by Gasteiger charge is -2.55. The van der Waals surface area contributed by atoms with E-state index in [2.05, 4.69) is 34.6 Å². The molecule has 290 valence electrons. The molecule has 0 heterocycles. The van der Waals surface area contributed by atoms with Crippen molar-refractivity contribution in [2.45, 2.75) is 189 Å². The Morgan fingerprint density at radius 2 is 1.16 bits per heavy atom. The van der Waals surface area contributed by atoms with Crippen LogP contribution in [0.5, 0.6) is 0 Å². The Kier molecular flexibility index (Phi) is 11.7. The Labute approximate surface area is 311 Å². The Morgan fingerprint density at radius 1 is 0.627 bits per heavy atom. The van der Waals surface area contributed by atoms with Crippen molar-refractivity contribution in [3.63, 3.8) is 0 Å². The summed E-state index contributed by atoms with van der Waals surface area (Å²) in [7, 11) is 0. The van der Waals surface area contributed by atoms with E-state index in [1.54, 1.807) is 0 Å². The maximum atomic E-state index is 12.0. The molecule has 51 heavy (non-hydrogen) atoms. The highest BCUT2D eigenvalue weighted by Crippen LogP contribution is 2.66. The van der Waals surface area contributed by atoms with Gasteiger partial charge in [-0.05, 0) is 155 Å². The Morgan fingerprint density at radius 3 is 1.67 bits per heavy atom. The van der Waals surface area contributed by atoms with E-state index in [0.717, 1.165) is 92.8 Å². The molecule has 0 amide bonds. The fraction of sp³-hybridized carbons (Fsp3) is 0.933. The van der Waals surface area contributed by atoms with E-state index < -0.39 is 0 Å². The third kappa shape index (κ3) is 7.56. The lowest BCUT2D eigenvalue weighted by Crippen LogP contribution is -2.53. The van der Waals surface area contributed by atoms with Gasteiger partial charge in [-0.15, -0.1) is 0 Å². The zero-order valence-electron chi connectivity index (χ0n) is 34.0. The van der Waals surface area contributed by atoms with Crippen molar-refractivity contribution in [3.05, 3.63) is 0 Å². The van der Waals surface area contributed by atoms with Crippen molar-refractivity contribution >= 4 is 17.9 Å². The maximum absolute atomic E-state index is 12.0. The van der Waals surface area contributed by atoms with Crippen molar-refractivity contribution in [3.8, 4) is 0 Å². The Bertz CT molecular complexity index is 1220. The van der Waals surface area contributed by atoms with Gasteiger partial charge in [0.1, 0.15) is 17.8 Å². The second-order valence-corrected chi connectivity index (χ2v) is 20.1. The van der Waals surface area contributed by atoms with Gasteiger partial charge in [0, 0.05) is 5.41 Å². The molecule has 0 N–H and O–H groups in total. The largest absolute Gasteiger partial charge is 0.462 e. The first kappa shape index (κ1) is 39.1. The highest BCUT2D eigenvalue weighted by Gasteiger charge is 2.63. The van der Waals surface area contributed by atoms with Crippen molar-refractivity contribution in [2.75, 3.05) is 0 Å². The molecule has 11 atom stereocenters. The molecule has 6 heteroatoms. The van der Waals surface area contributed by atoms with E-state index in [9.17, 15) is 14.4 Å². The third-order valence-corrected chi connectivity index (χ3v) is 17.0. The van der Waals surface area contributed by atoms with Crippen LogP contribution in [0.4, 0.5) is 0 Å². The summed E-state index contributed by atoms with van der Waals surface area (Å²) >= 11 is 0. The number of hydrogen-bond acceptors (Lipinski definition) is 6. The van der Waals surface area contributed by atoms with E-state index >= 15 is 0 Å². The van der Waals surface area contributed by atoms with Crippen LogP contribution in [0.3, 0.4) is 0 Å². The highest BCUT2D eigenvalue weighted by atomic mass is 16.6. The minimum atomic E-state index is -0.0464. The second-order valence-electron chi connectivity index (χ2n) is 20.1. The summed E-state index contributed by atoms with van der Waals surface area (Å²) in [5, 5.41) is 0. The molecule has 0 aliphatic heterocycles. The van der Waals surface area contributed by atoms with Gasteiger partial charge in [0.15, 0.2) is 0 Å². The molecule has 11 unspecified atom stereocenters. The molecule has 8 bridgehead atoms. The summed E-state index contributed by atoms with van der Waals surface area (Å²) in [5.41, 5.74) is 0.476. The van der Waals surface area contributed by atoms with Gasteiger partial charge in [0.25, 0.3) is 0 Å². The van der Waals surface area contributed by atoms with Crippen molar-refractivity contribution in [1.29, 1.82) is 0 Å². The van der Waals surface area contributed by atoms with Crippen molar-refractivity contribution in [2.24, 2.45) is 75.9 Å². The summed E-state index contributed by atoms with van der Waals surface area (Å²) in [6, 6.07) is 0. The first-order valence-corrected chi connectivity index (χ1v) is 21.8. The average molecular weight is 711 g/mol. The van der Waals surface area contributed by atoms with Crippen molar-refractivity contribution in [1.82, 2.24) is 0 Å². The molecule has 0 aromatic carbocycles. The van der Waals surface area contributed by atoms with Crippen molar-refractivity contribution < 1.29 is 28.6 Å². The molecular weight excluding hydrogens is 636 g/mol. The fourth-order valence-electron chi connectivity index (χ4n) is 12.9. The van der Waals surface area contributed by atoms with Gasteiger partial charge < -0.3 is 14.2 Å². The minimum absolute atomic E-state index is 0.00192. The van der Waals surface area contributed by atoms with E-state index in [-0.39, 0.29) is 58.9 Å². The highest BCUT2D eigenvalue weighted by molar-refractivity contribution is 5.73. The normalized spacial score (nSPS) is 43.2. The molecule has 0 radical (unpaired) electrons. The monoisotopic (exact) mass is 711 g/mol. The molecule has 9 saturated carbocycles. The predicted molar refractivity (Wildman–Crippen MR) is 201 cm³/mol. The zero-order valence-corrected chi connectivity index (χ0v) is 34.0. The standard InChI is InChI=1S/2C15H24O2.C15H26O2/c1-3-10(2)14(16)17-15-7-11-4-12(8-15)6-13(5-11)9-15;1-3-9(2)15(16)17-14-8-10-7-13(14)12-6-4-5-11(10)12;1-6-10(2)13(16)17-12-9-11-7-8-15(12,5)14(11,3)4/h10-13H,3-9H2,1-2H3;9-14H,3-8H2,1-2H3;10-12H,6-9H2,1-5H3. The SMILES string of the molecule is CCC(C)C(=O)OC12CC3CC(CC(C3)C1)C2.CCC(C)C(=O)OC1CC2CC1C1CCCC21.CCC(C)C(=O)OC1CC2CCC1(C)C2(C)C. The topological polar surface area (TPSA) is 78.9 Å². The number of carbonyl (C=O) groups excluding carboxylic acids is 3. The summed E-state index contributed by atoms with van der Waals surface area (Å²) in [5.74, 6) is 7.04. The molecule has 0 spiro atoms. The number of fused-ring (bicyclic) bond motifs is 7. The average Bonchev–Trinajstić information content (AvgIpc) is 3.88. The predicted octanol–water partition coefficient (Wildman–Crippen LogP) is 10.7. The number of carbonyl (C=O) groups is 3.